The average Bonchev–Trinajstić information content (AvgIpc) is 2.44. The number of carbonyl (C=O) groups excluding carboxylic acids is 2. The van der Waals surface area contributed by atoms with Crippen LogP contribution in [0.15, 0.2) is 23.1 Å². The SMILES string of the molecule is COC(=O)CCNC(=O)CSc1cccc(F)c1C#N. The third kappa shape index (κ3) is 4.90. The summed E-state index contributed by atoms with van der Waals surface area (Å²) in [4.78, 5) is 22.8. The number of nitrogens with one attached hydrogen (secondary N) is 1. The number of methoxy groups -OCH3 is 1. The molecule has 0 unspecified atom stereocenters. The summed E-state index contributed by atoms with van der Waals surface area (Å²) in [7, 11) is 1.27. The number of ether oxygens (including phenoxy) is 1. The first-order chi connectivity index (χ1) is 9.58. The van der Waals surface area contributed by atoms with E-state index in [2.05, 4.69) is 10.1 Å². The number of halogens is 1. The molecule has 5 nitrogen and oxygen atoms in total. The number of carbonyl (C=O) groups is 2. The van der Waals surface area contributed by atoms with Gasteiger partial charge in [-0.05, 0) is 12.1 Å². The van der Waals surface area contributed by atoms with E-state index in [-0.39, 0.29) is 30.2 Å². The van der Waals surface area contributed by atoms with Crippen LogP contribution in [0.1, 0.15) is 12.0 Å². The highest BCUT2D eigenvalue weighted by molar-refractivity contribution is 8.00. The molecule has 0 fully saturated rings. The Hall–Kier alpha value is -2.07. The predicted octanol–water partition coefficient (Wildman–Crippen LogP) is 1.47. The second kappa shape index (κ2) is 8.17. The second-order valence-corrected chi connectivity index (χ2v) is 4.71. The largest absolute Gasteiger partial charge is 0.469 e. The van der Waals surface area contributed by atoms with Gasteiger partial charge >= 0.3 is 5.97 Å². The minimum Gasteiger partial charge on any atom is -0.469 e. The highest BCUT2D eigenvalue weighted by Crippen LogP contribution is 2.23. The van der Waals surface area contributed by atoms with Gasteiger partial charge in [0.2, 0.25) is 5.91 Å². The van der Waals surface area contributed by atoms with Crippen LogP contribution in [0.25, 0.3) is 0 Å². The van der Waals surface area contributed by atoms with E-state index < -0.39 is 11.8 Å². The number of rotatable bonds is 6. The first kappa shape index (κ1) is 16.0. The van der Waals surface area contributed by atoms with Crippen molar-refractivity contribution in [3.8, 4) is 6.07 Å². The molecule has 0 bridgehead atoms. The van der Waals surface area contributed by atoms with E-state index in [1.165, 1.54) is 19.2 Å². The molecule has 0 atom stereocenters. The number of esters is 1. The van der Waals surface area contributed by atoms with E-state index in [4.69, 9.17) is 5.26 Å². The Bertz CT molecular complexity index is 543. The first-order valence-corrected chi connectivity index (χ1v) is 6.72. The molecule has 106 valence electrons. The van der Waals surface area contributed by atoms with E-state index in [9.17, 15) is 14.0 Å². The van der Waals surface area contributed by atoms with Crippen molar-refractivity contribution >= 4 is 23.6 Å². The third-order valence-corrected chi connectivity index (χ3v) is 3.38. The smallest absolute Gasteiger partial charge is 0.307 e. The highest BCUT2D eigenvalue weighted by Gasteiger charge is 2.10. The van der Waals surface area contributed by atoms with Crippen molar-refractivity contribution in [2.45, 2.75) is 11.3 Å². The third-order valence-electron chi connectivity index (χ3n) is 2.32. The van der Waals surface area contributed by atoms with E-state index in [1.54, 1.807) is 12.1 Å². The molecular formula is C13H13FN2O3S. The van der Waals surface area contributed by atoms with Gasteiger partial charge in [-0.2, -0.15) is 5.26 Å². The summed E-state index contributed by atoms with van der Waals surface area (Å²) >= 11 is 1.07. The van der Waals surface area contributed by atoms with Gasteiger partial charge in [-0.1, -0.05) is 6.07 Å². The van der Waals surface area contributed by atoms with Gasteiger partial charge in [0.25, 0.3) is 0 Å². The number of nitriles is 1. The van der Waals surface area contributed by atoms with Gasteiger partial charge in [0.15, 0.2) is 0 Å². The van der Waals surface area contributed by atoms with E-state index in [1.807, 2.05) is 0 Å². The first-order valence-electron chi connectivity index (χ1n) is 5.73. The lowest BCUT2D eigenvalue weighted by Gasteiger charge is -2.06. The molecule has 1 aromatic carbocycles. The lowest BCUT2D eigenvalue weighted by Crippen LogP contribution is -2.27. The summed E-state index contributed by atoms with van der Waals surface area (Å²) in [5.74, 6) is -1.27. The molecule has 0 radical (unpaired) electrons. The molecule has 1 rings (SSSR count). The molecule has 7 heteroatoms. The van der Waals surface area contributed by atoms with E-state index in [0.29, 0.717) is 4.90 Å². The topological polar surface area (TPSA) is 79.2 Å². The minimum atomic E-state index is -0.608. The van der Waals surface area contributed by atoms with Crippen LogP contribution in [0.4, 0.5) is 4.39 Å². The fraction of sp³-hybridized carbons (Fsp3) is 0.308. The molecule has 20 heavy (non-hydrogen) atoms. The van der Waals surface area contributed by atoms with Crippen LogP contribution >= 0.6 is 11.8 Å². The van der Waals surface area contributed by atoms with Crippen molar-refractivity contribution in [2.24, 2.45) is 0 Å². The maximum absolute atomic E-state index is 13.3. The van der Waals surface area contributed by atoms with Gasteiger partial charge in [0.05, 0.1) is 19.3 Å². The van der Waals surface area contributed by atoms with Crippen LogP contribution in [-0.2, 0) is 14.3 Å². The predicted molar refractivity (Wildman–Crippen MR) is 71.5 cm³/mol. The summed E-state index contributed by atoms with van der Waals surface area (Å²) in [5.41, 5.74) is -0.0696. The molecule has 0 saturated carbocycles. The number of hydrogen-bond acceptors (Lipinski definition) is 5. The van der Waals surface area contributed by atoms with Gasteiger partial charge in [0, 0.05) is 11.4 Å². The van der Waals surface area contributed by atoms with Crippen molar-refractivity contribution in [3.63, 3.8) is 0 Å². The Morgan fingerprint density at radius 1 is 1.50 bits per heavy atom. The molecule has 0 aliphatic carbocycles. The lowest BCUT2D eigenvalue weighted by atomic mass is 10.2. The number of benzene rings is 1. The van der Waals surface area contributed by atoms with Crippen LogP contribution in [0.2, 0.25) is 0 Å². The molecule has 0 saturated heterocycles. The summed E-state index contributed by atoms with van der Waals surface area (Å²) in [6.07, 6.45) is 0.0936. The van der Waals surface area contributed by atoms with Crippen molar-refractivity contribution in [3.05, 3.63) is 29.6 Å². The van der Waals surface area contributed by atoms with E-state index in [0.717, 1.165) is 11.8 Å². The maximum Gasteiger partial charge on any atom is 0.307 e. The fourth-order valence-corrected chi connectivity index (χ4v) is 2.18. The Balaban J connectivity index is 2.44. The molecule has 0 aliphatic heterocycles. The molecule has 1 aromatic rings. The Kier molecular flexibility index (Phi) is 6.53. The minimum absolute atomic E-state index is 0.0410. The van der Waals surface area contributed by atoms with Crippen LogP contribution in [0, 0.1) is 17.1 Å². The van der Waals surface area contributed by atoms with Crippen LogP contribution < -0.4 is 5.32 Å². The van der Waals surface area contributed by atoms with Gasteiger partial charge in [-0.25, -0.2) is 4.39 Å². The Morgan fingerprint density at radius 2 is 2.25 bits per heavy atom. The van der Waals surface area contributed by atoms with Crippen molar-refractivity contribution in [1.29, 1.82) is 5.26 Å². The number of hydrogen-bond donors (Lipinski definition) is 1. The molecule has 0 aliphatic rings. The standard InChI is InChI=1S/C13H13FN2O3S/c1-19-13(18)5-6-16-12(17)8-20-11-4-2-3-10(14)9(11)7-15/h2-4H,5-6,8H2,1H3,(H,16,17). The van der Waals surface area contributed by atoms with Gasteiger partial charge in [0.1, 0.15) is 17.4 Å². The molecule has 0 heterocycles. The summed E-state index contributed by atoms with van der Waals surface area (Å²) in [6, 6.07) is 6.02. The lowest BCUT2D eigenvalue weighted by molar-refractivity contribution is -0.140. The summed E-state index contributed by atoms with van der Waals surface area (Å²) in [6.45, 7) is 0.181. The maximum atomic E-state index is 13.3. The highest BCUT2D eigenvalue weighted by atomic mass is 32.2. The van der Waals surface area contributed by atoms with Crippen molar-refractivity contribution in [1.82, 2.24) is 5.32 Å². The zero-order valence-electron chi connectivity index (χ0n) is 10.8. The van der Waals surface area contributed by atoms with Gasteiger partial charge in [-0.3, -0.25) is 9.59 Å². The quantitative estimate of drug-likeness (QED) is 0.635. The Morgan fingerprint density at radius 3 is 2.90 bits per heavy atom. The molecule has 1 N–H and O–H groups in total. The number of nitrogens with zero attached hydrogens (tertiary/aromatic N) is 1. The van der Waals surface area contributed by atoms with Crippen LogP contribution in [0.5, 0.6) is 0 Å². The number of amides is 1. The molecular weight excluding hydrogens is 283 g/mol. The van der Waals surface area contributed by atoms with E-state index >= 15 is 0 Å². The zero-order chi connectivity index (χ0) is 15.0. The van der Waals surface area contributed by atoms with Crippen LogP contribution in [0.3, 0.4) is 0 Å². The molecule has 1 amide bonds. The summed E-state index contributed by atoms with van der Waals surface area (Å²) < 4.78 is 17.7. The molecule has 0 aromatic heterocycles. The number of thioether (sulfide) groups is 1. The van der Waals surface area contributed by atoms with Crippen molar-refractivity contribution in [2.75, 3.05) is 19.4 Å². The normalized spacial score (nSPS) is 9.65. The monoisotopic (exact) mass is 296 g/mol. The van der Waals surface area contributed by atoms with Crippen LogP contribution in [-0.4, -0.2) is 31.3 Å². The molecule has 0 spiro atoms. The van der Waals surface area contributed by atoms with Gasteiger partial charge in [-0.15, -0.1) is 11.8 Å². The summed E-state index contributed by atoms with van der Waals surface area (Å²) in [5, 5.41) is 11.4. The average molecular weight is 296 g/mol. The van der Waals surface area contributed by atoms with Crippen molar-refractivity contribution < 1.29 is 18.7 Å². The zero-order valence-corrected chi connectivity index (χ0v) is 11.6. The van der Waals surface area contributed by atoms with Gasteiger partial charge < -0.3 is 10.1 Å². The second-order valence-electron chi connectivity index (χ2n) is 3.69. The Labute approximate surface area is 120 Å². The fourth-order valence-electron chi connectivity index (χ4n) is 1.33.